The van der Waals surface area contributed by atoms with E-state index in [9.17, 15) is 0 Å². The van der Waals surface area contributed by atoms with Gasteiger partial charge >= 0.3 is 0 Å². The number of aromatic nitrogens is 2. The highest BCUT2D eigenvalue weighted by atomic mass is 15.2. The monoisotopic (exact) mass is 242 g/mol. The summed E-state index contributed by atoms with van der Waals surface area (Å²) in [5, 5.41) is 0. The minimum atomic E-state index is -0.0632. The van der Waals surface area contributed by atoms with Crippen LogP contribution in [-0.2, 0) is 6.42 Å². The summed E-state index contributed by atoms with van der Waals surface area (Å²) < 4.78 is 0. The van der Waals surface area contributed by atoms with Gasteiger partial charge in [0.2, 0.25) is 0 Å². The van der Waals surface area contributed by atoms with Crippen molar-refractivity contribution in [2.45, 2.75) is 26.3 Å². The molecule has 4 heteroatoms. The van der Waals surface area contributed by atoms with Gasteiger partial charge in [-0.05, 0) is 37.0 Å². The molecule has 3 N–H and O–H groups in total. The number of hydrazine groups is 1. The first-order valence-electron chi connectivity index (χ1n) is 6.00. The molecule has 1 atom stereocenters. The van der Waals surface area contributed by atoms with Gasteiger partial charge in [0.25, 0.3) is 0 Å². The Hall–Kier alpha value is -1.78. The molecule has 0 bridgehead atoms. The molecule has 0 saturated heterocycles. The lowest BCUT2D eigenvalue weighted by molar-refractivity contribution is 0.521. The lowest BCUT2D eigenvalue weighted by atomic mass is 10.0. The Kier molecular flexibility index (Phi) is 4.02. The molecular formula is C14H18N4. The summed E-state index contributed by atoms with van der Waals surface area (Å²) in [5.41, 5.74) is 6.34. The van der Waals surface area contributed by atoms with Crippen molar-refractivity contribution >= 4 is 0 Å². The molecule has 0 aliphatic heterocycles. The fourth-order valence-electron chi connectivity index (χ4n) is 1.87. The predicted octanol–water partition coefficient (Wildman–Crippen LogP) is 1.84. The Balaban J connectivity index is 2.20. The van der Waals surface area contributed by atoms with E-state index < -0.39 is 0 Å². The van der Waals surface area contributed by atoms with Crippen molar-refractivity contribution in [1.29, 1.82) is 0 Å². The summed E-state index contributed by atoms with van der Waals surface area (Å²) in [4.78, 5) is 8.64. The minimum absolute atomic E-state index is 0.0632. The molecule has 0 spiro atoms. The zero-order chi connectivity index (χ0) is 13.0. The summed E-state index contributed by atoms with van der Waals surface area (Å²) in [5.74, 6) is 6.34. The molecule has 0 amide bonds. The molecule has 1 heterocycles. The Bertz CT molecular complexity index is 507. The lowest BCUT2D eigenvalue weighted by Crippen LogP contribution is -2.31. The largest absolute Gasteiger partial charge is 0.271 e. The van der Waals surface area contributed by atoms with Crippen LogP contribution in [0.4, 0.5) is 0 Å². The van der Waals surface area contributed by atoms with Crippen LogP contribution in [0.5, 0.6) is 0 Å². The molecule has 1 unspecified atom stereocenters. The van der Waals surface area contributed by atoms with Crippen LogP contribution in [-0.4, -0.2) is 9.97 Å². The number of nitrogens with zero attached hydrogens (tertiary/aromatic N) is 2. The van der Waals surface area contributed by atoms with Gasteiger partial charge in [0.15, 0.2) is 0 Å². The van der Waals surface area contributed by atoms with Gasteiger partial charge in [-0.2, -0.15) is 0 Å². The van der Waals surface area contributed by atoms with E-state index in [1.165, 1.54) is 11.1 Å². The van der Waals surface area contributed by atoms with E-state index in [-0.39, 0.29) is 6.04 Å². The van der Waals surface area contributed by atoms with E-state index in [4.69, 9.17) is 5.84 Å². The van der Waals surface area contributed by atoms with Gasteiger partial charge in [-0.3, -0.25) is 5.84 Å². The minimum Gasteiger partial charge on any atom is -0.271 e. The molecule has 1 aromatic carbocycles. The third-order valence-electron chi connectivity index (χ3n) is 3.00. The molecule has 2 rings (SSSR count). The van der Waals surface area contributed by atoms with Crippen molar-refractivity contribution < 1.29 is 0 Å². The van der Waals surface area contributed by atoms with Crippen molar-refractivity contribution in [3.8, 4) is 0 Å². The number of benzene rings is 1. The second-order valence-corrected chi connectivity index (χ2v) is 4.47. The van der Waals surface area contributed by atoms with Crippen LogP contribution in [0.1, 0.15) is 28.6 Å². The molecule has 2 aromatic rings. The molecule has 0 aliphatic rings. The van der Waals surface area contributed by atoms with E-state index in [0.29, 0.717) is 0 Å². The SMILES string of the molecule is Cc1cnc(C(Cc2ccccc2C)NN)nc1. The number of rotatable bonds is 4. The van der Waals surface area contributed by atoms with Gasteiger partial charge in [-0.15, -0.1) is 0 Å². The fourth-order valence-corrected chi connectivity index (χ4v) is 1.87. The first-order valence-corrected chi connectivity index (χ1v) is 6.00. The van der Waals surface area contributed by atoms with Gasteiger partial charge < -0.3 is 0 Å². The third-order valence-corrected chi connectivity index (χ3v) is 3.00. The molecule has 0 aliphatic carbocycles. The van der Waals surface area contributed by atoms with Crippen LogP contribution in [0.2, 0.25) is 0 Å². The van der Waals surface area contributed by atoms with E-state index in [1.54, 1.807) is 0 Å². The van der Waals surface area contributed by atoms with Crippen LogP contribution in [0, 0.1) is 13.8 Å². The number of hydrogen-bond acceptors (Lipinski definition) is 4. The van der Waals surface area contributed by atoms with E-state index >= 15 is 0 Å². The van der Waals surface area contributed by atoms with Gasteiger partial charge in [0.05, 0.1) is 6.04 Å². The average Bonchev–Trinajstić information content (AvgIpc) is 2.39. The smallest absolute Gasteiger partial charge is 0.146 e. The topological polar surface area (TPSA) is 63.8 Å². The zero-order valence-corrected chi connectivity index (χ0v) is 10.7. The maximum atomic E-state index is 5.61. The quantitative estimate of drug-likeness (QED) is 0.634. The van der Waals surface area contributed by atoms with Crippen molar-refractivity contribution in [3.63, 3.8) is 0 Å². The Morgan fingerprint density at radius 2 is 1.83 bits per heavy atom. The molecule has 1 aromatic heterocycles. The van der Waals surface area contributed by atoms with Crippen LogP contribution >= 0.6 is 0 Å². The molecule has 0 fully saturated rings. The Labute approximate surface area is 107 Å². The van der Waals surface area contributed by atoms with Crippen molar-refractivity contribution in [3.05, 3.63) is 59.2 Å². The number of aryl methyl sites for hydroxylation is 2. The van der Waals surface area contributed by atoms with Crippen LogP contribution in [0.15, 0.2) is 36.7 Å². The van der Waals surface area contributed by atoms with Crippen LogP contribution in [0.3, 0.4) is 0 Å². The van der Waals surface area contributed by atoms with E-state index in [2.05, 4.69) is 34.5 Å². The number of nitrogens with two attached hydrogens (primary N) is 1. The summed E-state index contributed by atoms with van der Waals surface area (Å²) in [6.45, 7) is 4.06. The summed E-state index contributed by atoms with van der Waals surface area (Å²) in [6.07, 6.45) is 4.40. The molecule has 0 saturated carbocycles. The van der Waals surface area contributed by atoms with Crippen molar-refractivity contribution in [2.24, 2.45) is 5.84 Å². The first-order chi connectivity index (χ1) is 8.70. The van der Waals surface area contributed by atoms with Crippen molar-refractivity contribution in [2.75, 3.05) is 0 Å². The van der Waals surface area contributed by atoms with Gasteiger partial charge in [0.1, 0.15) is 5.82 Å². The fraction of sp³-hybridized carbons (Fsp3) is 0.286. The first kappa shape index (κ1) is 12.7. The summed E-state index contributed by atoms with van der Waals surface area (Å²) in [7, 11) is 0. The highest BCUT2D eigenvalue weighted by molar-refractivity contribution is 5.27. The van der Waals surface area contributed by atoms with Gasteiger partial charge in [-0.25, -0.2) is 15.4 Å². The summed E-state index contributed by atoms with van der Waals surface area (Å²) in [6, 6.07) is 8.21. The second kappa shape index (κ2) is 5.71. The summed E-state index contributed by atoms with van der Waals surface area (Å²) >= 11 is 0. The Morgan fingerprint density at radius 3 is 2.44 bits per heavy atom. The highest BCUT2D eigenvalue weighted by Gasteiger charge is 2.14. The maximum Gasteiger partial charge on any atom is 0.146 e. The van der Waals surface area contributed by atoms with Gasteiger partial charge in [0, 0.05) is 12.4 Å². The van der Waals surface area contributed by atoms with Crippen LogP contribution < -0.4 is 11.3 Å². The molecular weight excluding hydrogens is 224 g/mol. The van der Waals surface area contributed by atoms with Crippen molar-refractivity contribution in [1.82, 2.24) is 15.4 Å². The molecule has 4 nitrogen and oxygen atoms in total. The molecule has 0 radical (unpaired) electrons. The Morgan fingerprint density at radius 1 is 1.17 bits per heavy atom. The predicted molar refractivity (Wildman–Crippen MR) is 71.7 cm³/mol. The lowest BCUT2D eigenvalue weighted by Gasteiger charge is -2.15. The number of hydrogen-bond donors (Lipinski definition) is 2. The maximum absolute atomic E-state index is 5.61. The number of nitrogens with one attached hydrogen (secondary N) is 1. The average molecular weight is 242 g/mol. The standard InChI is InChI=1S/C14H18N4/c1-10-8-16-14(17-9-10)13(18-15)7-12-6-4-3-5-11(12)2/h3-6,8-9,13,18H,7,15H2,1-2H3. The van der Waals surface area contributed by atoms with Crippen LogP contribution in [0.25, 0.3) is 0 Å². The van der Waals surface area contributed by atoms with Gasteiger partial charge in [-0.1, -0.05) is 24.3 Å². The third kappa shape index (κ3) is 2.91. The normalized spacial score (nSPS) is 12.4. The van der Waals surface area contributed by atoms with E-state index in [0.717, 1.165) is 17.8 Å². The molecule has 94 valence electrons. The second-order valence-electron chi connectivity index (χ2n) is 4.47. The highest BCUT2D eigenvalue weighted by Crippen LogP contribution is 2.17. The zero-order valence-electron chi connectivity index (χ0n) is 10.7. The van der Waals surface area contributed by atoms with E-state index in [1.807, 2.05) is 31.5 Å². The molecule has 18 heavy (non-hydrogen) atoms.